The average Bonchev–Trinajstić information content (AvgIpc) is 2.82. The van der Waals surface area contributed by atoms with E-state index in [0.29, 0.717) is 0 Å². The van der Waals surface area contributed by atoms with Crippen LogP contribution in [0.25, 0.3) is 11.3 Å². The first-order valence-electron chi connectivity index (χ1n) is 6.39. The van der Waals surface area contributed by atoms with E-state index in [2.05, 4.69) is 38.4 Å². The average molecular weight is 322 g/mol. The number of benzene rings is 1. The molecule has 1 aliphatic rings. The largest absolute Gasteiger partial charge is 0.368 e. The zero-order valence-electron chi connectivity index (χ0n) is 10.7. The lowest BCUT2D eigenvalue weighted by Gasteiger charge is -2.21. The summed E-state index contributed by atoms with van der Waals surface area (Å²) in [5.41, 5.74) is 3.17. The van der Waals surface area contributed by atoms with Crippen molar-refractivity contribution in [1.29, 1.82) is 0 Å². The van der Waals surface area contributed by atoms with Crippen molar-refractivity contribution < 1.29 is 4.74 Å². The number of nitrogens with one attached hydrogen (secondary N) is 2. The molecule has 4 nitrogen and oxygen atoms in total. The Kier molecular flexibility index (Phi) is 3.68. The Labute approximate surface area is 120 Å². The highest BCUT2D eigenvalue weighted by molar-refractivity contribution is 9.10. The molecule has 2 N–H and O–H groups in total. The number of rotatable bonds is 2. The molecule has 0 amide bonds. The van der Waals surface area contributed by atoms with Crippen LogP contribution in [0.3, 0.4) is 0 Å². The molecular weight excluding hydrogens is 306 g/mol. The summed E-state index contributed by atoms with van der Waals surface area (Å²) < 4.78 is 6.79. The number of hydrogen-bond donors (Lipinski definition) is 2. The van der Waals surface area contributed by atoms with Crippen LogP contribution in [0.1, 0.15) is 17.6 Å². The van der Waals surface area contributed by atoms with Gasteiger partial charge in [-0.05, 0) is 19.1 Å². The van der Waals surface area contributed by atoms with Gasteiger partial charge >= 0.3 is 0 Å². The quantitative estimate of drug-likeness (QED) is 0.894. The van der Waals surface area contributed by atoms with E-state index >= 15 is 0 Å². The summed E-state index contributed by atoms with van der Waals surface area (Å²) in [6, 6.07) is 8.18. The predicted molar refractivity (Wildman–Crippen MR) is 78.0 cm³/mol. The molecule has 1 aromatic carbocycles. The maximum Gasteiger partial charge on any atom is 0.137 e. The third-order valence-corrected chi connectivity index (χ3v) is 3.73. The van der Waals surface area contributed by atoms with Crippen LogP contribution in [0.2, 0.25) is 0 Å². The van der Waals surface area contributed by atoms with Crippen molar-refractivity contribution in [2.75, 3.05) is 19.7 Å². The molecule has 1 fully saturated rings. The Morgan fingerprint density at radius 2 is 2.32 bits per heavy atom. The minimum absolute atomic E-state index is 0.0216. The summed E-state index contributed by atoms with van der Waals surface area (Å²) in [5.74, 6) is 0.902. The van der Waals surface area contributed by atoms with E-state index in [9.17, 15) is 0 Å². The molecule has 0 spiro atoms. The van der Waals surface area contributed by atoms with E-state index in [-0.39, 0.29) is 6.10 Å². The number of aromatic amines is 1. The van der Waals surface area contributed by atoms with Crippen LogP contribution in [0.15, 0.2) is 28.7 Å². The SMILES string of the molecule is Cc1[nH]c(C2CNCCO2)nc1-c1cccc(Br)c1. The Morgan fingerprint density at radius 3 is 3.05 bits per heavy atom. The van der Waals surface area contributed by atoms with Gasteiger partial charge < -0.3 is 15.0 Å². The summed E-state index contributed by atoms with van der Waals surface area (Å²) in [6.45, 7) is 4.50. The van der Waals surface area contributed by atoms with E-state index in [4.69, 9.17) is 9.72 Å². The number of morpholine rings is 1. The molecule has 2 aromatic rings. The molecule has 1 atom stereocenters. The van der Waals surface area contributed by atoms with Gasteiger partial charge in [-0.1, -0.05) is 28.1 Å². The van der Waals surface area contributed by atoms with E-state index < -0.39 is 0 Å². The molecule has 0 saturated carbocycles. The van der Waals surface area contributed by atoms with Crippen LogP contribution in [0.4, 0.5) is 0 Å². The van der Waals surface area contributed by atoms with Crippen molar-refractivity contribution >= 4 is 15.9 Å². The lowest BCUT2D eigenvalue weighted by atomic mass is 10.1. The second-order valence-electron chi connectivity index (χ2n) is 4.67. The van der Waals surface area contributed by atoms with Gasteiger partial charge in [0.1, 0.15) is 11.9 Å². The molecule has 1 saturated heterocycles. The number of ether oxygens (including phenoxy) is 1. The minimum atomic E-state index is 0.0216. The van der Waals surface area contributed by atoms with Gasteiger partial charge in [0.05, 0.1) is 12.3 Å². The number of hydrogen-bond acceptors (Lipinski definition) is 3. The fraction of sp³-hybridized carbons (Fsp3) is 0.357. The molecule has 0 bridgehead atoms. The fourth-order valence-corrected chi connectivity index (χ4v) is 2.69. The number of aromatic nitrogens is 2. The van der Waals surface area contributed by atoms with Crippen molar-refractivity contribution in [2.45, 2.75) is 13.0 Å². The number of halogens is 1. The fourth-order valence-electron chi connectivity index (χ4n) is 2.29. The molecule has 2 heterocycles. The second-order valence-corrected chi connectivity index (χ2v) is 5.59. The first kappa shape index (κ1) is 12.8. The number of imidazole rings is 1. The Hall–Kier alpha value is -1.17. The topological polar surface area (TPSA) is 49.9 Å². The molecule has 1 aliphatic heterocycles. The third-order valence-electron chi connectivity index (χ3n) is 3.23. The van der Waals surface area contributed by atoms with Crippen molar-refractivity contribution in [1.82, 2.24) is 15.3 Å². The number of H-pyrrole nitrogens is 1. The highest BCUT2D eigenvalue weighted by Crippen LogP contribution is 2.26. The Bertz CT molecular complexity index is 576. The maximum atomic E-state index is 5.73. The predicted octanol–water partition coefficient (Wildman–Crippen LogP) is 2.81. The van der Waals surface area contributed by atoms with Crippen molar-refractivity contribution in [2.24, 2.45) is 0 Å². The van der Waals surface area contributed by atoms with Gasteiger partial charge in [0, 0.05) is 28.8 Å². The van der Waals surface area contributed by atoms with Gasteiger partial charge in [0.15, 0.2) is 0 Å². The van der Waals surface area contributed by atoms with Gasteiger partial charge in [0.2, 0.25) is 0 Å². The van der Waals surface area contributed by atoms with E-state index in [1.807, 2.05) is 19.1 Å². The van der Waals surface area contributed by atoms with E-state index in [1.165, 1.54) is 0 Å². The van der Waals surface area contributed by atoms with E-state index in [0.717, 1.165) is 46.9 Å². The lowest BCUT2D eigenvalue weighted by Crippen LogP contribution is -2.33. The smallest absolute Gasteiger partial charge is 0.137 e. The van der Waals surface area contributed by atoms with Gasteiger partial charge in [-0.15, -0.1) is 0 Å². The molecule has 100 valence electrons. The van der Waals surface area contributed by atoms with Gasteiger partial charge in [-0.3, -0.25) is 0 Å². The summed E-state index contributed by atoms with van der Waals surface area (Å²) in [6.07, 6.45) is 0.0216. The first-order chi connectivity index (χ1) is 9.24. The molecular formula is C14H16BrN3O. The van der Waals surface area contributed by atoms with Crippen molar-refractivity contribution in [3.05, 3.63) is 40.3 Å². The standard InChI is InChI=1S/C14H16BrN3O/c1-9-13(10-3-2-4-11(15)7-10)18-14(17-9)12-8-16-5-6-19-12/h2-4,7,12,16H,5-6,8H2,1H3,(H,17,18). The van der Waals surface area contributed by atoms with Crippen LogP contribution < -0.4 is 5.32 Å². The number of nitrogens with zero attached hydrogens (tertiary/aromatic N) is 1. The first-order valence-corrected chi connectivity index (χ1v) is 7.18. The molecule has 5 heteroatoms. The summed E-state index contributed by atoms with van der Waals surface area (Å²) in [4.78, 5) is 8.04. The van der Waals surface area contributed by atoms with Crippen LogP contribution in [-0.4, -0.2) is 29.7 Å². The van der Waals surface area contributed by atoms with Gasteiger partial charge in [-0.2, -0.15) is 0 Å². The normalized spacial score (nSPS) is 19.6. The van der Waals surface area contributed by atoms with Crippen LogP contribution in [0, 0.1) is 6.92 Å². The highest BCUT2D eigenvalue weighted by atomic mass is 79.9. The van der Waals surface area contributed by atoms with E-state index in [1.54, 1.807) is 0 Å². The molecule has 1 unspecified atom stereocenters. The molecule has 1 aromatic heterocycles. The second kappa shape index (κ2) is 5.45. The minimum Gasteiger partial charge on any atom is -0.368 e. The molecule has 0 radical (unpaired) electrons. The van der Waals surface area contributed by atoms with Crippen LogP contribution in [0.5, 0.6) is 0 Å². The Morgan fingerprint density at radius 1 is 1.42 bits per heavy atom. The van der Waals surface area contributed by atoms with Crippen LogP contribution >= 0.6 is 15.9 Å². The summed E-state index contributed by atoms with van der Waals surface area (Å²) >= 11 is 3.49. The third kappa shape index (κ3) is 2.73. The van der Waals surface area contributed by atoms with Gasteiger partial charge in [-0.25, -0.2) is 4.98 Å². The highest BCUT2D eigenvalue weighted by Gasteiger charge is 2.20. The Balaban J connectivity index is 1.92. The summed E-state index contributed by atoms with van der Waals surface area (Å²) in [7, 11) is 0. The monoisotopic (exact) mass is 321 g/mol. The molecule has 19 heavy (non-hydrogen) atoms. The van der Waals surface area contributed by atoms with Crippen LogP contribution in [-0.2, 0) is 4.74 Å². The lowest BCUT2D eigenvalue weighted by molar-refractivity contribution is 0.0226. The maximum absolute atomic E-state index is 5.73. The van der Waals surface area contributed by atoms with Crippen molar-refractivity contribution in [3.63, 3.8) is 0 Å². The van der Waals surface area contributed by atoms with Gasteiger partial charge in [0.25, 0.3) is 0 Å². The zero-order valence-corrected chi connectivity index (χ0v) is 12.3. The number of aryl methyl sites for hydroxylation is 1. The summed E-state index contributed by atoms with van der Waals surface area (Å²) in [5, 5.41) is 3.32. The van der Waals surface area contributed by atoms with Crippen molar-refractivity contribution in [3.8, 4) is 11.3 Å². The molecule has 0 aliphatic carbocycles. The molecule has 3 rings (SSSR count). The zero-order chi connectivity index (χ0) is 13.2.